The summed E-state index contributed by atoms with van der Waals surface area (Å²) in [6.45, 7) is 3.26. The fourth-order valence-corrected chi connectivity index (χ4v) is 3.54. The molecule has 7 heteroatoms. The van der Waals surface area contributed by atoms with E-state index in [2.05, 4.69) is 6.58 Å². The molecule has 6 nitrogen and oxygen atoms in total. The monoisotopic (exact) mass is 244 g/mol. The predicted octanol–water partition coefficient (Wildman–Crippen LogP) is -0.522. The maximum Gasteiger partial charge on any atom is 0.330 e. The van der Waals surface area contributed by atoms with Crippen molar-refractivity contribution in [2.75, 3.05) is 0 Å². The zero-order chi connectivity index (χ0) is 11.5. The number of rotatable bonds is 2. The molecule has 0 spiro atoms. The molecular weight excluding hydrogens is 236 g/mol. The van der Waals surface area contributed by atoms with Crippen LogP contribution in [0.2, 0.25) is 0 Å². The van der Waals surface area contributed by atoms with E-state index in [0.29, 0.717) is 0 Å². The van der Waals surface area contributed by atoms with Crippen LogP contribution in [0.15, 0.2) is 23.6 Å². The maximum absolute atomic E-state index is 11.5. The highest BCUT2D eigenvalue weighted by Crippen LogP contribution is 2.46. The minimum absolute atomic E-state index is 0.147. The number of esters is 1. The largest absolute Gasteiger partial charge is 0.453 e. The van der Waals surface area contributed by atoms with Crippen molar-refractivity contribution in [2.45, 2.75) is 24.4 Å². The van der Waals surface area contributed by atoms with Gasteiger partial charge in [-0.3, -0.25) is 4.18 Å². The van der Waals surface area contributed by atoms with Crippen molar-refractivity contribution in [3.63, 3.8) is 0 Å². The Morgan fingerprint density at radius 3 is 3.00 bits per heavy atom. The molecule has 2 saturated heterocycles. The lowest BCUT2D eigenvalue weighted by atomic mass is 10.0. The SMILES string of the molecule is C=CC(=O)OC1C2C=C3C(O2)C1OS3(=O)=O. The van der Waals surface area contributed by atoms with Gasteiger partial charge >= 0.3 is 5.97 Å². The van der Waals surface area contributed by atoms with Crippen LogP contribution in [-0.4, -0.2) is 38.8 Å². The van der Waals surface area contributed by atoms with E-state index in [1.165, 1.54) is 6.08 Å². The summed E-state index contributed by atoms with van der Waals surface area (Å²) in [5.74, 6) is -0.621. The highest BCUT2D eigenvalue weighted by atomic mass is 32.2. The summed E-state index contributed by atoms with van der Waals surface area (Å²) in [5.41, 5.74) is 0. The van der Waals surface area contributed by atoms with Crippen LogP contribution >= 0.6 is 0 Å². The highest BCUT2D eigenvalue weighted by molar-refractivity contribution is 7.91. The number of carbonyl (C=O) groups is 1. The van der Waals surface area contributed by atoms with Crippen LogP contribution in [0.5, 0.6) is 0 Å². The van der Waals surface area contributed by atoms with E-state index in [9.17, 15) is 13.2 Å². The van der Waals surface area contributed by atoms with Gasteiger partial charge < -0.3 is 9.47 Å². The normalized spacial score (nSPS) is 41.9. The summed E-state index contributed by atoms with van der Waals surface area (Å²) in [6.07, 6.45) is -0.177. The molecule has 4 unspecified atom stereocenters. The Labute approximate surface area is 91.6 Å². The fraction of sp³-hybridized carbons (Fsp3) is 0.444. The first-order valence-corrected chi connectivity index (χ1v) is 6.07. The lowest BCUT2D eigenvalue weighted by Gasteiger charge is -2.18. The molecule has 0 aromatic carbocycles. The predicted molar refractivity (Wildman–Crippen MR) is 50.6 cm³/mol. The Morgan fingerprint density at radius 2 is 2.31 bits per heavy atom. The van der Waals surface area contributed by atoms with Crippen molar-refractivity contribution >= 4 is 16.1 Å². The van der Waals surface area contributed by atoms with Crippen molar-refractivity contribution in [1.82, 2.24) is 0 Å². The molecule has 86 valence electrons. The Balaban J connectivity index is 1.92. The standard InChI is InChI=1S/C9H8O6S/c1-2-6(10)14-7-4-3-5-8(13-4)9(7)15-16(5,11)12/h2-4,7-9H,1H2. The quantitative estimate of drug-likeness (QED) is 0.369. The van der Waals surface area contributed by atoms with E-state index in [4.69, 9.17) is 13.7 Å². The number of hydrogen-bond donors (Lipinski definition) is 0. The summed E-state index contributed by atoms with van der Waals surface area (Å²) < 4.78 is 38.1. The van der Waals surface area contributed by atoms with E-state index in [1.54, 1.807) is 0 Å². The summed E-state index contributed by atoms with van der Waals surface area (Å²) in [7, 11) is -3.69. The molecule has 3 rings (SSSR count). The molecule has 3 aliphatic heterocycles. The molecule has 16 heavy (non-hydrogen) atoms. The topological polar surface area (TPSA) is 78.9 Å². The van der Waals surface area contributed by atoms with E-state index >= 15 is 0 Å². The van der Waals surface area contributed by atoms with Crippen LogP contribution in [0.1, 0.15) is 0 Å². The molecule has 0 radical (unpaired) electrons. The van der Waals surface area contributed by atoms with Gasteiger partial charge in [-0.25, -0.2) is 4.79 Å². The van der Waals surface area contributed by atoms with E-state index in [0.717, 1.165) is 6.08 Å². The minimum Gasteiger partial charge on any atom is -0.453 e. The van der Waals surface area contributed by atoms with Gasteiger partial charge in [-0.2, -0.15) is 8.42 Å². The molecule has 0 aromatic heterocycles. The van der Waals surface area contributed by atoms with Gasteiger partial charge in [0.15, 0.2) is 6.10 Å². The van der Waals surface area contributed by atoms with Crippen LogP contribution < -0.4 is 0 Å². The maximum atomic E-state index is 11.5. The zero-order valence-corrected chi connectivity index (χ0v) is 8.85. The first-order valence-electron chi connectivity index (χ1n) is 4.66. The smallest absolute Gasteiger partial charge is 0.330 e. The zero-order valence-electron chi connectivity index (χ0n) is 8.03. The molecule has 0 N–H and O–H groups in total. The minimum atomic E-state index is -3.69. The van der Waals surface area contributed by atoms with E-state index in [-0.39, 0.29) is 4.91 Å². The second-order valence-corrected chi connectivity index (χ2v) is 5.28. The molecule has 0 aromatic rings. The van der Waals surface area contributed by atoms with Crippen molar-refractivity contribution in [3.05, 3.63) is 23.6 Å². The molecule has 2 fully saturated rings. The van der Waals surface area contributed by atoms with Crippen LogP contribution in [0.4, 0.5) is 0 Å². The van der Waals surface area contributed by atoms with E-state index in [1.807, 2.05) is 0 Å². The molecular formula is C9H8O6S. The average Bonchev–Trinajstić information content (AvgIpc) is 2.81. The van der Waals surface area contributed by atoms with Crippen molar-refractivity contribution in [3.8, 4) is 0 Å². The third kappa shape index (κ3) is 1.13. The molecule has 4 atom stereocenters. The molecule has 0 aliphatic carbocycles. The molecule has 3 aliphatic rings. The van der Waals surface area contributed by atoms with Gasteiger partial charge in [-0.15, -0.1) is 0 Å². The summed E-state index contributed by atoms with van der Waals surface area (Å²) in [6, 6.07) is 0. The number of fused-ring (bicyclic) bond motifs is 1. The Kier molecular flexibility index (Phi) is 1.84. The Hall–Kier alpha value is -1.18. The number of carbonyl (C=O) groups excluding carboxylic acids is 1. The Bertz CT molecular complexity index is 504. The van der Waals surface area contributed by atoms with Crippen molar-refractivity contribution in [2.24, 2.45) is 0 Å². The number of hydrogen-bond acceptors (Lipinski definition) is 6. The van der Waals surface area contributed by atoms with Crippen LogP contribution in [-0.2, 0) is 28.6 Å². The van der Waals surface area contributed by atoms with Crippen LogP contribution in [0.3, 0.4) is 0 Å². The lowest BCUT2D eigenvalue weighted by molar-refractivity contribution is -0.147. The van der Waals surface area contributed by atoms with Gasteiger partial charge in [-0.1, -0.05) is 6.58 Å². The van der Waals surface area contributed by atoms with Crippen molar-refractivity contribution < 1.29 is 26.9 Å². The van der Waals surface area contributed by atoms with Gasteiger partial charge in [0.2, 0.25) is 0 Å². The van der Waals surface area contributed by atoms with Crippen LogP contribution in [0.25, 0.3) is 0 Å². The summed E-state index contributed by atoms with van der Waals surface area (Å²) in [5, 5.41) is 0. The van der Waals surface area contributed by atoms with Gasteiger partial charge in [0, 0.05) is 6.08 Å². The average molecular weight is 244 g/mol. The number of ether oxygens (including phenoxy) is 2. The molecule has 3 heterocycles. The first-order chi connectivity index (χ1) is 7.53. The second-order valence-electron chi connectivity index (χ2n) is 3.71. The first kappa shape index (κ1) is 10.0. The van der Waals surface area contributed by atoms with Crippen molar-refractivity contribution in [1.29, 1.82) is 0 Å². The molecule has 0 saturated carbocycles. The van der Waals surface area contributed by atoms with Crippen LogP contribution in [0, 0.1) is 0 Å². The van der Waals surface area contributed by atoms with E-state index < -0.39 is 40.5 Å². The third-order valence-electron chi connectivity index (χ3n) is 2.80. The molecule has 0 amide bonds. The second kappa shape index (κ2) is 2.93. The lowest BCUT2D eigenvalue weighted by Crippen LogP contribution is -2.37. The van der Waals surface area contributed by atoms with Gasteiger partial charge in [0.05, 0.1) is 0 Å². The van der Waals surface area contributed by atoms with Gasteiger partial charge in [-0.05, 0) is 6.08 Å². The van der Waals surface area contributed by atoms with Gasteiger partial charge in [0.25, 0.3) is 10.1 Å². The Morgan fingerprint density at radius 1 is 1.56 bits per heavy atom. The fourth-order valence-electron chi connectivity index (χ4n) is 2.15. The molecule has 2 bridgehead atoms. The highest BCUT2D eigenvalue weighted by Gasteiger charge is 2.62. The summed E-state index contributed by atoms with van der Waals surface area (Å²) >= 11 is 0. The third-order valence-corrected chi connectivity index (χ3v) is 4.23. The summed E-state index contributed by atoms with van der Waals surface area (Å²) in [4.78, 5) is 11.2. The van der Waals surface area contributed by atoms with Gasteiger partial charge in [0.1, 0.15) is 23.2 Å².